The molecule has 0 saturated carbocycles. The molecule has 0 aliphatic carbocycles. The third kappa shape index (κ3) is 3.12. The van der Waals surface area contributed by atoms with Gasteiger partial charge in [-0.2, -0.15) is 0 Å². The first-order valence-electron chi connectivity index (χ1n) is 8.52. The van der Waals surface area contributed by atoms with Crippen molar-refractivity contribution >= 4 is 34.2 Å². The summed E-state index contributed by atoms with van der Waals surface area (Å²) >= 11 is 1.32. The molecule has 2 aromatic carbocycles. The number of amides is 3. The number of rotatable bonds is 5. The van der Waals surface area contributed by atoms with Gasteiger partial charge in [-0.3, -0.25) is 24.6 Å². The second kappa shape index (κ2) is 7.21. The first-order valence-corrected chi connectivity index (χ1v) is 9.40. The number of hydrogen-bond acceptors (Lipinski definition) is 5. The van der Waals surface area contributed by atoms with E-state index in [4.69, 9.17) is 0 Å². The third-order valence-electron chi connectivity index (χ3n) is 4.34. The van der Waals surface area contributed by atoms with Gasteiger partial charge in [-0.15, -0.1) is 17.9 Å². The average Bonchev–Trinajstić information content (AvgIpc) is 3.27. The minimum atomic E-state index is -0.421. The van der Waals surface area contributed by atoms with Gasteiger partial charge in [-0.05, 0) is 18.2 Å². The summed E-state index contributed by atoms with van der Waals surface area (Å²) < 4.78 is 0. The molecule has 3 amide bonds. The number of benzene rings is 2. The van der Waals surface area contributed by atoms with Crippen LogP contribution in [-0.2, 0) is 0 Å². The number of nitrogens with zero attached hydrogens (tertiary/aromatic N) is 2. The minimum absolute atomic E-state index is 0.134. The van der Waals surface area contributed by atoms with Crippen LogP contribution in [0.2, 0.25) is 0 Å². The van der Waals surface area contributed by atoms with Crippen molar-refractivity contribution in [2.75, 3.05) is 11.9 Å². The van der Waals surface area contributed by atoms with Crippen molar-refractivity contribution in [1.29, 1.82) is 0 Å². The molecule has 0 saturated heterocycles. The Kier molecular flexibility index (Phi) is 4.58. The molecule has 1 aliphatic heterocycles. The number of carbonyl (C=O) groups excluding carboxylic acids is 3. The fourth-order valence-corrected chi connectivity index (χ4v) is 3.68. The van der Waals surface area contributed by atoms with Crippen LogP contribution in [-0.4, -0.2) is 34.2 Å². The zero-order valence-electron chi connectivity index (χ0n) is 14.7. The number of anilines is 1. The summed E-state index contributed by atoms with van der Waals surface area (Å²) in [7, 11) is 0. The van der Waals surface area contributed by atoms with E-state index in [1.807, 2.05) is 35.7 Å². The van der Waals surface area contributed by atoms with E-state index in [-0.39, 0.29) is 29.5 Å². The van der Waals surface area contributed by atoms with E-state index in [9.17, 15) is 14.4 Å². The van der Waals surface area contributed by atoms with Gasteiger partial charge >= 0.3 is 0 Å². The van der Waals surface area contributed by atoms with E-state index in [1.54, 1.807) is 0 Å². The first-order chi connectivity index (χ1) is 13.6. The first kappa shape index (κ1) is 17.8. The normalized spacial score (nSPS) is 12.8. The predicted molar refractivity (Wildman–Crippen MR) is 108 cm³/mol. The molecule has 4 rings (SSSR count). The fourth-order valence-electron chi connectivity index (χ4n) is 2.97. The van der Waals surface area contributed by atoms with Crippen LogP contribution in [0, 0.1) is 0 Å². The van der Waals surface area contributed by atoms with Gasteiger partial charge in [0.2, 0.25) is 0 Å². The van der Waals surface area contributed by atoms with Gasteiger partial charge in [0.25, 0.3) is 17.7 Å². The monoisotopic (exact) mass is 389 g/mol. The fraction of sp³-hybridized carbons (Fsp3) is 0.0476. The maximum atomic E-state index is 12.6. The van der Waals surface area contributed by atoms with Gasteiger partial charge < -0.3 is 0 Å². The van der Waals surface area contributed by atoms with E-state index in [1.165, 1.54) is 35.6 Å². The van der Waals surface area contributed by atoms with Crippen molar-refractivity contribution < 1.29 is 14.4 Å². The topological polar surface area (TPSA) is 79.4 Å². The maximum Gasteiger partial charge on any atom is 0.261 e. The Morgan fingerprint density at radius 2 is 1.86 bits per heavy atom. The number of fused-ring (bicyclic) bond motifs is 1. The molecule has 28 heavy (non-hydrogen) atoms. The number of hydrogen-bond donors (Lipinski definition) is 1. The molecule has 0 spiro atoms. The summed E-state index contributed by atoms with van der Waals surface area (Å²) in [5.74, 6) is -1.19. The molecule has 2 heterocycles. The Morgan fingerprint density at radius 3 is 2.61 bits per heavy atom. The molecule has 0 unspecified atom stereocenters. The highest BCUT2D eigenvalue weighted by atomic mass is 32.1. The minimum Gasteiger partial charge on any atom is -0.298 e. The van der Waals surface area contributed by atoms with Crippen molar-refractivity contribution in [3.63, 3.8) is 0 Å². The molecule has 6 nitrogen and oxygen atoms in total. The smallest absolute Gasteiger partial charge is 0.261 e. The summed E-state index contributed by atoms with van der Waals surface area (Å²) in [5, 5.41) is 5.07. The van der Waals surface area contributed by atoms with E-state index in [0.717, 1.165) is 16.2 Å². The predicted octanol–water partition coefficient (Wildman–Crippen LogP) is 3.84. The van der Waals surface area contributed by atoms with E-state index in [2.05, 4.69) is 16.9 Å². The Balaban J connectivity index is 1.54. The standard InChI is InChI=1S/C21H15N3O3S/c1-2-10-24-19(26)15-9-8-14(11-16(15)20(24)27)18(25)23-21-22-17(12-28-21)13-6-4-3-5-7-13/h2-9,11-12H,1,10H2,(H,22,23,25). The number of thiazole rings is 1. The van der Waals surface area contributed by atoms with Gasteiger partial charge in [0.05, 0.1) is 16.8 Å². The molecule has 3 aromatic rings. The van der Waals surface area contributed by atoms with Crippen LogP contribution in [0.4, 0.5) is 5.13 Å². The number of aromatic nitrogens is 1. The second-order valence-corrected chi connectivity index (χ2v) is 6.99. The molecule has 1 aliphatic rings. The summed E-state index contributed by atoms with van der Waals surface area (Å²) in [6, 6.07) is 14.1. The van der Waals surface area contributed by atoms with Crippen LogP contribution < -0.4 is 5.32 Å². The van der Waals surface area contributed by atoms with Crippen LogP contribution in [0.3, 0.4) is 0 Å². The van der Waals surface area contributed by atoms with Crippen LogP contribution in [0.15, 0.2) is 66.6 Å². The Hall–Kier alpha value is -3.58. The largest absolute Gasteiger partial charge is 0.298 e. The molecule has 138 valence electrons. The zero-order chi connectivity index (χ0) is 19.7. The number of nitrogens with one attached hydrogen (secondary N) is 1. The molecule has 0 radical (unpaired) electrons. The SMILES string of the molecule is C=CCN1C(=O)c2ccc(C(=O)Nc3nc(-c4ccccc4)cs3)cc2C1=O. The third-order valence-corrected chi connectivity index (χ3v) is 5.10. The zero-order valence-corrected chi connectivity index (χ0v) is 15.5. The highest BCUT2D eigenvalue weighted by Crippen LogP contribution is 2.27. The summed E-state index contributed by atoms with van der Waals surface area (Å²) in [4.78, 5) is 42.8. The van der Waals surface area contributed by atoms with Crippen LogP contribution in [0.25, 0.3) is 11.3 Å². The van der Waals surface area contributed by atoms with E-state index < -0.39 is 5.91 Å². The lowest BCUT2D eigenvalue weighted by atomic mass is 10.1. The lowest BCUT2D eigenvalue weighted by molar-refractivity contribution is 0.0672. The van der Waals surface area contributed by atoms with E-state index >= 15 is 0 Å². The lowest BCUT2D eigenvalue weighted by Crippen LogP contribution is -2.29. The maximum absolute atomic E-state index is 12.6. The Morgan fingerprint density at radius 1 is 1.11 bits per heavy atom. The van der Waals surface area contributed by atoms with Crippen molar-refractivity contribution in [1.82, 2.24) is 9.88 Å². The molecule has 1 N–H and O–H groups in total. The number of carbonyl (C=O) groups is 3. The Bertz CT molecular complexity index is 1110. The highest BCUT2D eigenvalue weighted by molar-refractivity contribution is 7.14. The van der Waals surface area contributed by atoms with Crippen molar-refractivity contribution in [2.45, 2.75) is 0 Å². The summed E-state index contributed by atoms with van der Waals surface area (Å²) in [5.41, 5.74) is 2.54. The quantitative estimate of drug-likeness (QED) is 0.531. The van der Waals surface area contributed by atoms with Crippen molar-refractivity contribution in [3.05, 3.63) is 83.3 Å². The van der Waals surface area contributed by atoms with Gasteiger partial charge in [0.1, 0.15) is 0 Å². The average molecular weight is 389 g/mol. The van der Waals surface area contributed by atoms with Gasteiger partial charge in [0, 0.05) is 23.1 Å². The molecule has 0 bridgehead atoms. The molecule has 0 atom stereocenters. The summed E-state index contributed by atoms with van der Waals surface area (Å²) in [6.45, 7) is 3.69. The molecular formula is C21H15N3O3S. The van der Waals surface area contributed by atoms with Gasteiger partial charge in [-0.1, -0.05) is 36.4 Å². The Labute approximate surface area is 165 Å². The van der Waals surface area contributed by atoms with E-state index in [0.29, 0.717) is 10.7 Å². The molecule has 7 heteroatoms. The van der Waals surface area contributed by atoms with Gasteiger partial charge in [-0.25, -0.2) is 4.98 Å². The van der Waals surface area contributed by atoms with Crippen LogP contribution >= 0.6 is 11.3 Å². The summed E-state index contributed by atoms with van der Waals surface area (Å²) in [6.07, 6.45) is 1.49. The van der Waals surface area contributed by atoms with Crippen LogP contribution in [0.1, 0.15) is 31.1 Å². The molecular weight excluding hydrogens is 374 g/mol. The van der Waals surface area contributed by atoms with Crippen LogP contribution in [0.5, 0.6) is 0 Å². The lowest BCUT2D eigenvalue weighted by Gasteiger charge is -2.09. The second-order valence-electron chi connectivity index (χ2n) is 6.13. The van der Waals surface area contributed by atoms with Crippen molar-refractivity contribution in [2.24, 2.45) is 0 Å². The molecule has 1 aromatic heterocycles. The van der Waals surface area contributed by atoms with Gasteiger partial charge in [0.15, 0.2) is 5.13 Å². The van der Waals surface area contributed by atoms with Crippen molar-refractivity contribution in [3.8, 4) is 11.3 Å². The number of imide groups is 1. The highest BCUT2D eigenvalue weighted by Gasteiger charge is 2.35. The molecule has 0 fully saturated rings.